The largest absolute Gasteiger partial charge is 0.476 e. The molecule has 0 spiro atoms. The quantitative estimate of drug-likeness (QED) is 0.722. The zero-order valence-corrected chi connectivity index (χ0v) is 11.5. The molecule has 1 aromatic rings. The van der Waals surface area contributed by atoms with E-state index in [1.54, 1.807) is 19.1 Å². The normalized spacial score (nSPS) is 13.2. The highest BCUT2D eigenvalue weighted by Crippen LogP contribution is 2.24. The first-order chi connectivity index (χ1) is 8.36. The molecule has 1 heterocycles. The first-order valence-electron chi connectivity index (χ1n) is 6.22. The third kappa shape index (κ3) is 3.77. The van der Waals surface area contributed by atoms with Gasteiger partial charge in [0.2, 0.25) is 5.88 Å². The lowest BCUT2D eigenvalue weighted by Crippen LogP contribution is -2.42. The molecule has 0 bridgehead atoms. The van der Waals surface area contributed by atoms with Crippen molar-refractivity contribution < 1.29 is 9.84 Å². The molecular formula is C13H23N3O2. The minimum Gasteiger partial charge on any atom is -0.476 e. The second kappa shape index (κ2) is 5.91. The molecule has 0 saturated heterocycles. The number of nitrogens with two attached hydrogens (primary N) is 1. The first kappa shape index (κ1) is 14.6. The molecule has 0 amide bonds. The molecule has 1 aromatic heterocycles. The Morgan fingerprint density at radius 3 is 2.72 bits per heavy atom. The number of aliphatic hydroxyl groups excluding tert-OH is 1. The van der Waals surface area contributed by atoms with Gasteiger partial charge in [-0.15, -0.1) is 0 Å². The van der Waals surface area contributed by atoms with Crippen molar-refractivity contribution in [2.75, 3.05) is 17.7 Å². The van der Waals surface area contributed by atoms with Crippen molar-refractivity contribution in [1.29, 1.82) is 0 Å². The molecule has 0 saturated carbocycles. The predicted molar refractivity (Wildman–Crippen MR) is 73.8 cm³/mol. The molecule has 0 fully saturated rings. The van der Waals surface area contributed by atoms with Crippen molar-refractivity contribution in [3.63, 3.8) is 0 Å². The lowest BCUT2D eigenvalue weighted by atomic mass is 9.99. The molecule has 5 nitrogen and oxygen atoms in total. The third-order valence-electron chi connectivity index (χ3n) is 2.83. The van der Waals surface area contributed by atoms with Crippen molar-refractivity contribution in [3.05, 3.63) is 12.1 Å². The number of aromatic nitrogens is 1. The topological polar surface area (TPSA) is 80.4 Å². The van der Waals surface area contributed by atoms with Crippen LogP contribution in [0.3, 0.4) is 0 Å². The van der Waals surface area contributed by atoms with Gasteiger partial charge in [0.05, 0.1) is 23.9 Å². The summed E-state index contributed by atoms with van der Waals surface area (Å²) in [6.45, 7) is 8.15. The van der Waals surface area contributed by atoms with E-state index in [1.807, 2.05) is 20.8 Å². The smallest absolute Gasteiger partial charge is 0.239 e. The summed E-state index contributed by atoms with van der Waals surface area (Å²) in [5.41, 5.74) is 5.84. The second-order valence-electron chi connectivity index (χ2n) is 4.96. The molecule has 0 aliphatic heterocycles. The fourth-order valence-corrected chi connectivity index (χ4v) is 1.27. The highest BCUT2D eigenvalue weighted by atomic mass is 16.5. The third-order valence-corrected chi connectivity index (χ3v) is 2.83. The van der Waals surface area contributed by atoms with Crippen molar-refractivity contribution in [2.24, 2.45) is 0 Å². The Bertz CT molecular complexity index is 392. The lowest BCUT2D eigenvalue weighted by molar-refractivity contribution is 0.133. The van der Waals surface area contributed by atoms with E-state index < -0.39 is 11.6 Å². The molecule has 0 aliphatic rings. The molecule has 18 heavy (non-hydrogen) atoms. The van der Waals surface area contributed by atoms with Gasteiger partial charge < -0.3 is 20.9 Å². The molecule has 4 N–H and O–H groups in total. The van der Waals surface area contributed by atoms with Gasteiger partial charge in [-0.25, -0.2) is 0 Å². The summed E-state index contributed by atoms with van der Waals surface area (Å²) in [5, 5.41) is 12.8. The summed E-state index contributed by atoms with van der Waals surface area (Å²) in [7, 11) is 0. The van der Waals surface area contributed by atoms with Crippen molar-refractivity contribution in [1.82, 2.24) is 4.98 Å². The summed E-state index contributed by atoms with van der Waals surface area (Å²) >= 11 is 0. The maximum Gasteiger partial charge on any atom is 0.239 e. The van der Waals surface area contributed by atoms with Gasteiger partial charge in [-0.3, -0.25) is 0 Å². The Kier molecular flexibility index (Phi) is 4.78. The van der Waals surface area contributed by atoms with Crippen LogP contribution in [0.5, 0.6) is 5.88 Å². The fraction of sp³-hybridized carbons (Fsp3) is 0.615. The highest BCUT2D eigenvalue weighted by Gasteiger charge is 2.24. The van der Waals surface area contributed by atoms with E-state index in [2.05, 4.69) is 10.3 Å². The van der Waals surface area contributed by atoms with Gasteiger partial charge in [-0.1, -0.05) is 6.92 Å². The minimum absolute atomic E-state index is 0.434. The Labute approximate surface area is 108 Å². The molecule has 0 radical (unpaired) electrons. The van der Waals surface area contributed by atoms with E-state index in [0.717, 1.165) is 6.42 Å². The van der Waals surface area contributed by atoms with Gasteiger partial charge in [-0.05, 0) is 39.3 Å². The van der Waals surface area contributed by atoms with Gasteiger partial charge in [0.15, 0.2) is 0 Å². The highest BCUT2D eigenvalue weighted by molar-refractivity contribution is 5.54. The van der Waals surface area contributed by atoms with Crippen molar-refractivity contribution in [2.45, 2.75) is 45.8 Å². The van der Waals surface area contributed by atoms with E-state index >= 15 is 0 Å². The Morgan fingerprint density at radius 2 is 2.17 bits per heavy atom. The van der Waals surface area contributed by atoms with Crippen LogP contribution in [0.4, 0.5) is 11.5 Å². The van der Waals surface area contributed by atoms with Gasteiger partial charge >= 0.3 is 0 Å². The number of ether oxygens (including phenoxy) is 1. The van der Waals surface area contributed by atoms with Gasteiger partial charge in [0.25, 0.3) is 0 Å². The predicted octanol–water partition coefficient (Wildman–Crippen LogP) is 2.02. The van der Waals surface area contributed by atoms with Crippen LogP contribution in [0.1, 0.15) is 34.1 Å². The molecular weight excluding hydrogens is 230 g/mol. The van der Waals surface area contributed by atoms with E-state index in [0.29, 0.717) is 24.0 Å². The molecule has 102 valence electrons. The van der Waals surface area contributed by atoms with Gasteiger partial charge in [0, 0.05) is 0 Å². The van der Waals surface area contributed by atoms with Crippen molar-refractivity contribution >= 4 is 11.5 Å². The van der Waals surface area contributed by atoms with Crippen LogP contribution < -0.4 is 15.8 Å². The van der Waals surface area contributed by atoms with Gasteiger partial charge in [0.1, 0.15) is 5.82 Å². The molecule has 1 unspecified atom stereocenters. The number of hydrogen-bond donors (Lipinski definition) is 3. The van der Waals surface area contributed by atoms with E-state index in [9.17, 15) is 5.11 Å². The van der Waals surface area contributed by atoms with Crippen molar-refractivity contribution in [3.8, 4) is 5.88 Å². The Morgan fingerprint density at radius 1 is 1.50 bits per heavy atom. The van der Waals surface area contributed by atoms with Crippen LogP contribution in [0.25, 0.3) is 0 Å². The van der Waals surface area contributed by atoms with E-state index in [1.165, 1.54) is 0 Å². The lowest BCUT2D eigenvalue weighted by Gasteiger charge is -2.30. The summed E-state index contributed by atoms with van der Waals surface area (Å²) in [6.07, 6.45) is 0.398. The Balaban J connectivity index is 2.84. The van der Waals surface area contributed by atoms with Crippen LogP contribution in [-0.2, 0) is 0 Å². The van der Waals surface area contributed by atoms with E-state index in [4.69, 9.17) is 10.5 Å². The summed E-state index contributed by atoms with van der Waals surface area (Å²) in [4.78, 5) is 4.31. The average Bonchev–Trinajstić information content (AvgIpc) is 2.29. The van der Waals surface area contributed by atoms with Crippen LogP contribution in [0.15, 0.2) is 12.1 Å². The van der Waals surface area contributed by atoms with Crippen LogP contribution in [0, 0.1) is 0 Å². The number of anilines is 2. The molecule has 0 aromatic carbocycles. The van der Waals surface area contributed by atoms with Crippen LogP contribution >= 0.6 is 0 Å². The van der Waals surface area contributed by atoms with Crippen LogP contribution in [-0.4, -0.2) is 28.3 Å². The standard InChI is InChI=1S/C13H23N3O2/c1-5-8-18-12-10(14)6-7-11(15-12)16-13(3,4)9(2)17/h6-7,9,17H,5,8,14H2,1-4H3,(H,15,16). The monoisotopic (exact) mass is 253 g/mol. The number of nitrogen functional groups attached to an aromatic ring is 1. The number of pyridine rings is 1. The number of nitrogens with one attached hydrogen (secondary N) is 1. The molecule has 0 aliphatic carbocycles. The zero-order chi connectivity index (χ0) is 13.8. The minimum atomic E-state index is -0.503. The zero-order valence-electron chi connectivity index (χ0n) is 11.5. The number of rotatable bonds is 6. The summed E-state index contributed by atoms with van der Waals surface area (Å²) in [5.74, 6) is 1.07. The van der Waals surface area contributed by atoms with Crippen LogP contribution in [0.2, 0.25) is 0 Å². The maximum atomic E-state index is 9.66. The maximum absolute atomic E-state index is 9.66. The fourth-order valence-electron chi connectivity index (χ4n) is 1.27. The molecule has 1 atom stereocenters. The first-order valence-corrected chi connectivity index (χ1v) is 6.22. The summed E-state index contributed by atoms with van der Waals surface area (Å²) in [6, 6.07) is 3.52. The number of hydrogen-bond acceptors (Lipinski definition) is 5. The molecule has 5 heteroatoms. The molecule has 1 rings (SSSR count). The summed E-state index contributed by atoms with van der Waals surface area (Å²) < 4.78 is 5.46. The number of nitrogens with zero attached hydrogens (tertiary/aromatic N) is 1. The Hall–Kier alpha value is -1.49. The number of aliphatic hydroxyl groups is 1. The van der Waals surface area contributed by atoms with Gasteiger partial charge in [-0.2, -0.15) is 4.98 Å². The second-order valence-corrected chi connectivity index (χ2v) is 4.96. The van der Waals surface area contributed by atoms with E-state index in [-0.39, 0.29) is 0 Å². The average molecular weight is 253 g/mol. The SMILES string of the molecule is CCCOc1nc(NC(C)(C)C(C)O)ccc1N.